The molecule has 0 aromatic carbocycles. The number of hydrogen-bond acceptors (Lipinski definition) is 4. The third-order valence-electron chi connectivity index (χ3n) is 3.37. The van der Waals surface area contributed by atoms with Crippen LogP contribution in [-0.2, 0) is 4.74 Å². The van der Waals surface area contributed by atoms with E-state index >= 15 is 0 Å². The van der Waals surface area contributed by atoms with Crippen molar-refractivity contribution in [3.05, 3.63) is 0 Å². The van der Waals surface area contributed by atoms with Crippen LogP contribution in [0.5, 0.6) is 0 Å². The molecule has 4 heteroatoms. The predicted molar refractivity (Wildman–Crippen MR) is 63.4 cm³/mol. The number of nitrogens with zero attached hydrogens (tertiary/aromatic N) is 1. The zero-order valence-electron chi connectivity index (χ0n) is 10.3. The minimum Gasteiger partial charge on any atom is -0.396 e. The topological polar surface area (TPSA) is 52.9 Å². The number of hydrogen-bond donors (Lipinski definition) is 2. The van der Waals surface area contributed by atoms with Crippen LogP contribution in [-0.4, -0.2) is 61.2 Å². The van der Waals surface area contributed by atoms with E-state index in [0.717, 1.165) is 52.1 Å². The van der Waals surface area contributed by atoms with E-state index in [2.05, 4.69) is 4.90 Å². The number of rotatable bonds is 7. The Labute approximate surface area is 98.2 Å². The van der Waals surface area contributed by atoms with Gasteiger partial charge in [0.2, 0.25) is 0 Å². The van der Waals surface area contributed by atoms with Crippen LogP contribution >= 0.6 is 0 Å². The van der Waals surface area contributed by atoms with E-state index in [1.807, 2.05) is 6.92 Å². The number of morpholine rings is 1. The normalized spacial score (nSPS) is 18.9. The average molecular weight is 231 g/mol. The number of ether oxygens (including phenoxy) is 1. The molecule has 0 radical (unpaired) electrons. The Kier molecular flexibility index (Phi) is 6.28. The van der Waals surface area contributed by atoms with Crippen molar-refractivity contribution in [3.63, 3.8) is 0 Å². The van der Waals surface area contributed by atoms with Crippen molar-refractivity contribution in [1.82, 2.24) is 4.90 Å². The molecule has 0 aromatic rings. The quantitative estimate of drug-likeness (QED) is 0.626. The Balaban J connectivity index is 2.06. The molecule has 96 valence electrons. The lowest BCUT2D eigenvalue weighted by Crippen LogP contribution is -2.37. The number of aliphatic hydroxyl groups is 2. The van der Waals surface area contributed by atoms with Gasteiger partial charge in [0, 0.05) is 18.5 Å². The minimum atomic E-state index is -0.301. The number of unbranched alkanes of at least 4 members (excludes halogenated alkanes) is 1. The van der Waals surface area contributed by atoms with Gasteiger partial charge in [0.25, 0.3) is 0 Å². The summed E-state index contributed by atoms with van der Waals surface area (Å²) in [6.07, 6.45) is 3.09. The molecule has 16 heavy (non-hydrogen) atoms. The smallest absolute Gasteiger partial charge is 0.0594 e. The van der Waals surface area contributed by atoms with Gasteiger partial charge in [0.05, 0.1) is 26.4 Å². The first-order valence-corrected chi connectivity index (χ1v) is 6.22. The van der Waals surface area contributed by atoms with Crippen LogP contribution in [0.2, 0.25) is 0 Å². The fourth-order valence-electron chi connectivity index (χ4n) is 1.92. The fourth-order valence-corrected chi connectivity index (χ4v) is 1.92. The van der Waals surface area contributed by atoms with Gasteiger partial charge in [-0.1, -0.05) is 13.3 Å². The third-order valence-corrected chi connectivity index (χ3v) is 3.37. The molecule has 0 unspecified atom stereocenters. The van der Waals surface area contributed by atoms with Crippen LogP contribution in [0.15, 0.2) is 0 Å². The lowest BCUT2D eigenvalue weighted by molar-refractivity contribution is 0.0344. The van der Waals surface area contributed by atoms with E-state index in [-0.39, 0.29) is 18.6 Å². The van der Waals surface area contributed by atoms with Gasteiger partial charge in [0.1, 0.15) is 0 Å². The highest BCUT2D eigenvalue weighted by Gasteiger charge is 2.21. The molecule has 0 aromatic heterocycles. The van der Waals surface area contributed by atoms with Gasteiger partial charge >= 0.3 is 0 Å². The van der Waals surface area contributed by atoms with E-state index < -0.39 is 0 Å². The van der Waals surface area contributed by atoms with Crippen molar-refractivity contribution in [2.45, 2.75) is 26.2 Å². The molecule has 0 spiro atoms. The second-order valence-electron chi connectivity index (χ2n) is 5.04. The SMILES string of the molecule is CC(CO)(CO)CCCCN1CCOCC1. The van der Waals surface area contributed by atoms with Crippen molar-refractivity contribution in [3.8, 4) is 0 Å². The third kappa shape index (κ3) is 4.78. The second kappa shape index (κ2) is 7.22. The molecule has 0 amide bonds. The summed E-state index contributed by atoms with van der Waals surface area (Å²) in [4.78, 5) is 2.42. The Morgan fingerprint density at radius 2 is 1.75 bits per heavy atom. The molecule has 0 aliphatic carbocycles. The molecular formula is C12H25NO3. The fraction of sp³-hybridized carbons (Fsp3) is 1.00. The molecule has 1 heterocycles. The van der Waals surface area contributed by atoms with Crippen LogP contribution in [0.25, 0.3) is 0 Å². The van der Waals surface area contributed by atoms with E-state index in [1.54, 1.807) is 0 Å². The summed E-state index contributed by atoms with van der Waals surface area (Å²) in [5.74, 6) is 0. The molecule has 1 rings (SSSR count). The van der Waals surface area contributed by atoms with E-state index in [9.17, 15) is 0 Å². The van der Waals surface area contributed by atoms with Gasteiger partial charge in [-0.15, -0.1) is 0 Å². The van der Waals surface area contributed by atoms with E-state index in [0.29, 0.717) is 0 Å². The molecule has 1 fully saturated rings. The van der Waals surface area contributed by atoms with Crippen LogP contribution in [0.3, 0.4) is 0 Å². The van der Waals surface area contributed by atoms with E-state index in [1.165, 1.54) is 0 Å². The summed E-state index contributed by atoms with van der Waals surface area (Å²) in [5.41, 5.74) is -0.301. The molecule has 0 atom stereocenters. The largest absolute Gasteiger partial charge is 0.396 e. The maximum atomic E-state index is 9.15. The molecule has 2 N–H and O–H groups in total. The highest BCUT2D eigenvalue weighted by atomic mass is 16.5. The zero-order valence-corrected chi connectivity index (χ0v) is 10.3. The van der Waals surface area contributed by atoms with Crippen LogP contribution in [0, 0.1) is 5.41 Å². The molecule has 1 aliphatic rings. The molecule has 1 saturated heterocycles. The molecule has 0 saturated carbocycles. The molecular weight excluding hydrogens is 206 g/mol. The Morgan fingerprint density at radius 1 is 1.12 bits per heavy atom. The van der Waals surface area contributed by atoms with Gasteiger partial charge in [-0.25, -0.2) is 0 Å². The van der Waals surface area contributed by atoms with Gasteiger partial charge in [0.15, 0.2) is 0 Å². The average Bonchev–Trinajstić information content (AvgIpc) is 2.36. The second-order valence-corrected chi connectivity index (χ2v) is 5.04. The van der Waals surface area contributed by atoms with Crippen molar-refractivity contribution >= 4 is 0 Å². The first-order valence-electron chi connectivity index (χ1n) is 6.22. The van der Waals surface area contributed by atoms with E-state index in [4.69, 9.17) is 14.9 Å². The van der Waals surface area contributed by atoms with Gasteiger partial charge < -0.3 is 14.9 Å². The minimum absolute atomic E-state index is 0.0705. The molecule has 0 bridgehead atoms. The van der Waals surface area contributed by atoms with Crippen molar-refractivity contribution in [1.29, 1.82) is 0 Å². The van der Waals surface area contributed by atoms with Crippen molar-refractivity contribution in [2.75, 3.05) is 46.1 Å². The van der Waals surface area contributed by atoms with Crippen molar-refractivity contribution < 1.29 is 14.9 Å². The van der Waals surface area contributed by atoms with Gasteiger partial charge in [-0.3, -0.25) is 4.90 Å². The highest BCUT2D eigenvalue weighted by molar-refractivity contribution is 4.72. The summed E-state index contributed by atoms with van der Waals surface area (Å²) in [6, 6.07) is 0. The highest BCUT2D eigenvalue weighted by Crippen LogP contribution is 2.22. The zero-order chi connectivity index (χ0) is 11.9. The Morgan fingerprint density at radius 3 is 2.31 bits per heavy atom. The first-order chi connectivity index (χ1) is 7.70. The summed E-state index contributed by atoms with van der Waals surface area (Å²) >= 11 is 0. The summed E-state index contributed by atoms with van der Waals surface area (Å²) in [5, 5.41) is 18.3. The Hall–Kier alpha value is -0.160. The molecule has 1 aliphatic heterocycles. The first kappa shape index (κ1) is 13.9. The van der Waals surface area contributed by atoms with Crippen LogP contribution in [0.4, 0.5) is 0 Å². The van der Waals surface area contributed by atoms with Gasteiger partial charge in [-0.05, 0) is 19.4 Å². The lowest BCUT2D eigenvalue weighted by atomic mass is 9.87. The van der Waals surface area contributed by atoms with Gasteiger partial charge in [-0.2, -0.15) is 0 Å². The lowest BCUT2D eigenvalue weighted by Gasteiger charge is -2.28. The Bertz CT molecular complexity index is 177. The summed E-state index contributed by atoms with van der Waals surface area (Å²) < 4.78 is 5.29. The maximum Gasteiger partial charge on any atom is 0.0594 e. The number of aliphatic hydroxyl groups excluding tert-OH is 2. The standard InChI is InChI=1S/C12H25NO3/c1-12(10-14,11-15)4-2-3-5-13-6-8-16-9-7-13/h14-15H,2-11H2,1H3. The van der Waals surface area contributed by atoms with Crippen molar-refractivity contribution in [2.24, 2.45) is 5.41 Å². The monoisotopic (exact) mass is 231 g/mol. The van der Waals surface area contributed by atoms with Crippen LogP contribution in [0.1, 0.15) is 26.2 Å². The summed E-state index contributed by atoms with van der Waals surface area (Å²) in [6.45, 7) is 6.96. The summed E-state index contributed by atoms with van der Waals surface area (Å²) in [7, 11) is 0. The van der Waals surface area contributed by atoms with Crippen LogP contribution < -0.4 is 0 Å². The predicted octanol–water partition coefficient (Wildman–Crippen LogP) is 0.480. The maximum absolute atomic E-state index is 9.15. The molecule has 4 nitrogen and oxygen atoms in total.